The van der Waals surface area contributed by atoms with E-state index in [-0.39, 0.29) is 82.7 Å². The van der Waals surface area contributed by atoms with Crippen molar-refractivity contribution in [3.05, 3.63) is 24.3 Å². The summed E-state index contributed by atoms with van der Waals surface area (Å²) in [5, 5.41) is 35.6. The van der Waals surface area contributed by atoms with E-state index in [2.05, 4.69) is 59.6 Å². The summed E-state index contributed by atoms with van der Waals surface area (Å²) in [6.45, 7) is 10.3. The first-order valence-electron chi connectivity index (χ1n) is 20.7. The van der Waals surface area contributed by atoms with Gasteiger partial charge in [0.15, 0.2) is 35.1 Å². The highest BCUT2D eigenvalue weighted by atomic mass is 32.3. The second-order valence-electron chi connectivity index (χ2n) is 14.0. The minimum Gasteiger partial charge on any atom is -0.494 e. The molecular weight excluding hydrogens is 1050 g/mol. The van der Waals surface area contributed by atoms with E-state index in [4.69, 9.17) is 23.9 Å². The number of aliphatic hydroxyl groups excluding tert-OH is 1. The maximum Gasteiger partial charge on any atom is 0.307 e. The van der Waals surface area contributed by atoms with E-state index in [0.29, 0.717) is 60.4 Å². The molecule has 2 aromatic carbocycles. The molecule has 5 N–H and O–H groups in total. The lowest BCUT2D eigenvalue weighted by atomic mass is 10.2. The standard InChI is InChI=1S/C39H45N13O11S7/c1-9-51(10-2)23-15-19(21(17-25(23)60-5)45-47-31-27-29(62-7)35(69(54,55)56)65-33(27)49-67-31)40-37-42-38(44-39(43-37)64-14-13-53)41-20-16-24(52(11-3)12-4)26(61-6)18-22(20)46-48-32-28-30(63-8)36(70(57,58)59)66-34(28)50-68-32/h15-18,53H,9-14H2,1-8H3,(H,54,55,56)(H,57,58,59)(H2,40,41,42,43,44)/b47-45+,48-46+. The number of methoxy groups -OCH3 is 4. The molecule has 0 radical (unpaired) electrons. The predicted octanol–water partition coefficient (Wildman–Crippen LogP) is 9.84. The summed E-state index contributed by atoms with van der Waals surface area (Å²) in [5.74, 6) is 1.06. The van der Waals surface area contributed by atoms with E-state index in [9.17, 15) is 31.0 Å². The van der Waals surface area contributed by atoms with Crippen molar-refractivity contribution in [1.82, 2.24) is 23.7 Å². The van der Waals surface area contributed by atoms with Crippen LogP contribution in [0.2, 0.25) is 0 Å². The number of ether oxygens (including phenoxy) is 4. The van der Waals surface area contributed by atoms with Gasteiger partial charge in [-0.2, -0.15) is 40.5 Å². The van der Waals surface area contributed by atoms with Crippen LogP contribution in [-0.4, -0.2) is 122 Å². The van der Waals surface area contributed by atoms with Crippen LogP contribution in [0.15, 0.2) is 58.3 Å². The molecule has 31 heteroatoms. The topological polar surface area (TPSA) is 310 Å². The number of hydrogen-bond acceptors (Lipinski definition) is 27. The third-order valence-electron chi connectivity index (χ3n) is 10.1. The Morgan fingerprint density at radius 3 is 1.39 bits per heavy atom. The normalized spacial score (nSPS) is 12.2. The Labute approximate surface area is 421 Å². The Morgan fingerprint density at radius 2 is 1.04 bits per heavy atom. The average Bonchev–Trinajstić information content (AvgIpc) is 4.12. The molecule has 0 aliphatic carbocycles. The molecule has 7 aromatic rings. The average molecular weight is 1100 g/mol. The molecule has 0 aliphatic heterocycles. The third kappa shape index (κ3) is 11.0. The Morgan fingerprint density at radius 1 is 0.629 bits per heavy atom. The lowest BCUT2D eigenvalue weighted by Crippen LogP contribution is -2.22. The van der Waals surface area contributed by atoms with E-state index in [1.807, 2.05) is 27.7 Å². The number of fused-ring (bicyclic) bond motifs is 2. The number of nitrogens with one attached hydrogen (secondary N) is 2. The highest BCUT2D eigenvalue weighted by molar-refractivity contribution is 7.99. The highest BCUT2D eigenvalue weighted by Gasteiger charge is 2.29. The van der Waals surface area contributed by atoms with E-state index in [0.717, 1.165) is 45.7 Å². The summed E-state index contributed by atoms with van der Waals surface area (Å²) in [7, 11) is -3.67. The molecule has 0 bridgehead atoms. The molecule has 5 heterocycles. The fourth-order valence-corrected chi connectivity index (χ4v) is 13.0. The molecule has 374 valence electrons. The van der Waals surface area contributed by atoms with Crippen LogP contribution in [0.3, 0.4) is 0 Å². The van der Waals surface area contributed by atoms with E-state index in [1.165, 1.54) is 40.2 Å². The molecular formula is C39H45N13O11S7. The second-order valence-corrected chi connectivity index (χ2v) is 21.8. The Bertz CT molecular complexity index is 3100. The number of thioether (sulfide) groups is 1. The number of thiophene rings is 2. The van der Waals surface area contributed by atoms with Gasteiger partial charge >= 0.3 is 20.2 Å². The van der Waals surface area contributed by atoms with Crippen LogP contribution in [-0.2, 0) is 20.2 Å². The quantitative estimate of drug-likeness (QED) is 0.0226. The molecule has 0 spiro atoms. The SMILES string of the molecule is CCN(CC)c1cc(Nc2nc(Nc3cc(N(CC)CC)c(OC)cc3/N=N/c3snc4sc(S(=O)(=O)O)c(OC)c34)nc(SCCO)n2)c(/N=N/c2snc3sc(S(=O)(=O)O)c(OC)c23)cc1OC. The van der Waals surface area contributed by atoms with Crippen molar-refractivity contribution in [2.24, 2.45) is 20.5 Å². The summed E-state index contributed by atoms with van der Waals surface area (Å²) in [4.78, 5) is 18.8. The van der Waals surface area contributed by atoms with Crippen LogP contribution in [0.1, 0.15) is 27.7 Å². The number of aliphatic hydroxyl groups is 1. The maximum atomic E-state index is 12.2. The number of azo groups is 2. The maximum absolute atomic E-state index is 12.2. The van der Waals surface area contributed by atoms with Crippen LogP contribution < -0.4 is 39.4 Å². The van der Waals surface area contributed by atoms with E-state index in [1.54, 1.807) is 24.3 Å². The fourth-order valence-electron chi connectivity index (χ4n) is 6.92. The Balaban J connectivity index is 1.35. The third-order valence-corrected chi connectivity index (χ3v) is 17.4. The van der Waals surface area contributed by atoms with Crippen molar-refractivity contribution >= 4 is 154 Å². The zero-order valence-corrected chi connectivity index (χ0v) is 44.2. The van der Waals surface area contributed by atoms with Crippen molar-refractivity contribution < 1.29 is 50.0 Å². The monoisotopic (exact) mass is 1100 g/mol. The molecule has 0 atom stereocenters. The van der Waals surface area contributed by atoms with Crippen LogP contribution >= 0.6 is 57.5 Å². The zero-order valence-electron chi connectivity index (χ0n) is 38.4. The molecule has 7 rings (SSSR count). The second kappa shape index (κ2) is 22.2. The van der Waals surface area contributed by atoms with Gasteiger partial charge in [-0.25, -0.2) is 0 Å². The van der Waals surface area contributed by atoms with Gasteiger partial charge in [0.05, 0.1) is 68.6 Å². The molecule has 70 heavy (non-hydrogen) atoms. The van der Waals surface area contributed by atoms with Gasteiger partial charge in [-0.3, -0.25) is 9.11 Å². The summed E-state index contributed by atoms with van der Waals surface area (Å²) >= 11 is 4.56. The van der Waals surface area contributed by atoms with Gasteiger partial charge in [0.2, 0.25) is 11.9 Å². The lowest BCUT2D eigenvalue weighted by molar-refractivity contribution is 0.322. The first-order valence-corrected chi connectivity index (χ1v) is 27.8. The summed E-state index contributed by atoms with van der Waals surface area (Å²) < 4.78 is 98.7. The largest absolute Gasteiger partial charge is 0.494 e. The lowest BCUT2D eigenvalue weighted by Gasteiger charge is -2.25. The van der Waals surface area contributed by atoms with E-state index < -0.39 is 28.7 Å². The Kier molecular flexibility index (Phi) is 16.5. The van der Waals surface area contributed by atoms with Crippen molar-refractivity contribution in [3.63, 3.8) is 0 Å². The van der Waals surface area contributed by atoms with Crippen molar-refractivity contribution in [3.8, 4) is 23.0 Å². The van der Waals surface area contributed by atoms with Crippen LogP contribution in [0, 0.1) is 0 Å². The molecule has 24 nitrogen and oxygen atoms in total. The number of aromatic nitrogens is 5. The number of anilines is 6. The predicted molar refractivity (Wildman–Crippen MR) is 273 cm³/mol. The molecule has 5 aromatic heterocycles. The molecule has 0 unspecified atom stereocenters. The van der Waals surface area contributed by atoms with Gasteiger partial charge in [0.25, 0.3) is 0 Å². The number of rotatable bonds is 23. The fraction of sp³-hybridized carbons (Fsp3) is 0.359. The minimum atomic E-state index is -4.63. The number of benzene rings is 2. The summed E-state index contributed by atoms with van der Waals surface area (Å²) in [6, 6.07) is 6.95. The molecule has 0 fully saturated rings. The van der Waals surface area contributed by atoms with Gasteiger partial charge in [0, 0.05) is 44.1 Å². The van der Waals surface area contributed by atoms with Crippen LogP contribution in [0.4, 0.5) is 56.0 Å². The highest BCUT2D eigenvalue weighted by Crippen LogP contribution is 2.50. The van der Waals surface area contributed by atoms with Crippen LogP contribution in [0.25, 0.3) is 20.4 Å². The zero-order chi connectivity index (χ0) is 50.5. The Hall–Kier alpha value is -5.64. The number of hydrogen-bond donors (Lipinski definition) is 5. The summed E-state index contributed by atoms with van der Waals surface area (Å²) in [6.07, 6.45) is 0. The van der Waals surface area contributed by atoms with E-state index >= 15 is 0 Å². The van der Waals surface area contributed by atoms with Gasteiger partial charge in [-0.1, -0.05) is 34.4 Å². The van der Waals surface area contributed by atoms with Gasteiger partial charge in [-0.15, -0.1) is 20.5 Å². The van der Waals surface area contributed by atoms with Gasteiger partial charge in [-0.05, 0) is 62.9 Å². The molecule has 0 saturated carbocycles. The van der Waals surface area contributed by atoms with Crippen molar-refractivity contribution in [2.45, 2.75) is 41.3 Å². The smallest absolute Gasteiger partial charge is 0.307 e. The first kappa shape index (κ1) is 52.2. The van der Waals surface area contributed by atoms with Crippen molar-refractivity contribution in [2.75, 3.05) is 87.4 Å². The minimum absolute atomic E-state index is 0.0504. The van der Waals surface area contributed by atoms with Crippen molar-refractivity contribution in [1.29, 1.82) is 0 Å². The van der Waals surface area contributed by atoms with Gasteiger partial charge in [0.1, 0.15) is 32.5 Å². The van der Waals surface area contributed by atoms with Crippen LogP contribution in [0.5, 0.6) is 23.0 Å². The number of nitrogens with zero attached hydrogens (tertiary/aromatic N) is 11. The molecule has 0 aliphatic rings. The van der Waals surface area contributed by atoms with Gasteiger partial charge < -0.3 is 44.5 Å². The molecule has 0 amide bonds. The first-order chi connectivity index (χ1) is 33.5. The molecule has 0 saturated heterocycles. The summed E-state index contributed by atoms with van der Waals surface area (Å²) in [5.41, 5.74) is 2.67.